The van der Waals surface area contributed by atoms with E-state index in [1.54, 1.807) is 18.3 Å². The van der Waals surface area contributed by atoms with Crippen LogP contribution >= 0.6 is 11.3 Å². The lowest BCUT2D eigenvalue weighted by atomic mass is 10.1. The number of carbonyl (C=O) groups is 1. The first-order chi connectivity index (χ1) is 11.0. The van der Waals surface area contributed by atoms with Crippen molar-refractivity contribution < 1.29 is 4.79 Å². The van der Waals surface area contributed by atoms with Crippen molar-refractivity contribution in [3.8, 4) is 20.9 Å². The van der Waals surface area contributed by atoms with Crippen molar-refractivity contribution in [3.63, 3.8) is 0 Å². The third-order valence-corrected chi connectivity index (χ3v) is 5.03. The smallest absolute Gasteiger partial charge is 0.159 e. The Hall–Kier alpha value is -2.39. The van der Waals surface area contributed by atoms with E-state index in [0.717, 1.165) is 11.1 Å². The number of hydrogen-bond donors (Lipinski definition) is 0. The molecule has 116 valence electrons. The van der Waals surface area contributed by atoms with Crippen molar-refractivity contribution in [2.75, 3.05) is 19.0 Å². The van der Waals surface area contributed by atoms with E-state index in [-0.39, 0.29) is 5.78 Å². The summed E-state index contributed by atoms with van der Waals surface area (Å²) in [5.74, 6) is 0.101. The average molecular weight is 321 g/mol. The molecule has 1 heterocycles. The van der Waals surface area contributed by atoms with Crippen molar-refractivity contribution in [2.24, 2.45) is 0 Å². The van der Waals surface area contributed by atoms with Crippen LogP contribution < -0.4 is 4.90 Å². The second kappa shape index (κ2) is 6.39. The summed E-state index contributed by atoms with van der Waals surface area (Å²) in [6.45, 7) is 1.59. The molecule has 2 nitrogen and oxygen atoms in total. The van der Waals surface area contributed by atoms with Crippen molar-refractivity contribution in [1.82, 2.24) is 0 Å². The fourth-order valence-electron chi connectivity index (χ4n) is 2.44. The van der Waals surface area contributed by atoms with E-state index in [4.69, 9.17) is 0 Å². The van der Waals surface area contributed by atoms with Gasteiger partial charge in [-0.05, 0) is 42.3 Å². The van der Waals surface area contributed by atoms with Crippen LogP contribution in [0, 0.1) is 0 Å². The van der Waals surface area contributed by atoms with Crippen molar-refractivity contribution in [1.29, 1.82) is 0 Å². The van der Waals surface area contributed by atoms with Crippen LogP contribution in [0.3, 0.4) is 0 Å². The van der Waals surface area contributed by atoms with Crippen LogP contribution in [0.25, 0.3) is 20.9 Å². The molecule has 0 bridgehead atoms. The molecule has 3 rings (SSSR count). The van der Waals surface area contributed by atoms with E-state index in [1.165, 1.54) is 21.0 Å². The van der Waals surface area contributed by atoms with Crippen LogP contribution in [0.1, 0.15) is 17.3 Å². The highest BCUT2D eigenvalue weighted by atomic mass is 32.1. The minimum Gasteiger partial charge on any atom is -0.378 e. The Morgan fingerprint density at radius 1 is 0.783 bits per heavy atom. The third kappa shape index (κ3) is 3.35. The second-order valence-electron chi connectivity index (χ2n) is 5.74. The monoisotopic (exact) mass is 321 g/mol. The molecule has 0 radical (unpaired) electrons. The summed E-state index contributed by atoms with van der Waals surface area (Å²) in [4.78, 5) is 15.9. The van der Waals surface area contributed by atoms with Gasteiger partial charge in [0, 0.05) is 35.1 Å². The maximum atomic E-state index is 11.4. The lowest BCUT2D eigenvalue weighted by Gasteiger charge is -2.12. The zero-order valence-electron chi connectivity index (χ0n) is 13.5. The third-order valence-electron chi connectivity index (χ3n) is 3.85. The van der Waals surface area contributed by atoms with E-state index in [0.29, 0.717) is 0 Å². The topological polar surface area (TPSA) is 20.3 Å². The Labute approximate surface area is 141 Å². The lowest BCUT2D eigenvalue weighted by Crippen LogP contribution is -2.07. The molecule has 0 aliphatic carbocycles. The predicted octanol–water partition coefficient (Wildman–Crippen LogP) is 5.35. The standard InChI is InChI=1S/C20H19NOS/c1-14(22)15-4-6-16(7-5-15)19-12-13-20(23-19)17-8-10-18(11-9-17)21(2)3/h4-13H,1-3H3. The molecule has 0 unspecified atom stereocenters. The minimum atomic E-state index is 0.101. The molecule has 0 saturated heterocycles. The maximum absolute atomic E-state index is 11.4. The summed E-state index contributed by atoms with van der Waals surface area (Å²) in [6.07, 6.45) is 0. The van der Waals surface area contributed by atoms with Gasteiger partial charge in [-0.2, -0.15) is 0 Å². The summed E-state index contributed by atoms with van der Waals surface area (Å²) in [6, 6.07) is 20.7. The fourth-order valence-corrected chi connectivity index (χ4v) is 3.46. The molecule has 0 atom stereocenters. The highest BCUT2D eigenvalue weighted by molar-refractivity contribution is 7.18. The molecule has 0 amide bonds. The summed E-state index contributed by atoms with van der Waals surface area (Å²) in [7, 11) is 4.09. The zero-order valence-corrected chi connectivity index (χ0v) is 14.4. The van der Waals surface area contributed by atoms with Crippen LogP contribution in [0.5, 0.6) is 0 Å². The summed E-state index contributed by atoms with van der Waals surface area (Å²) in [5.41, 5.74) is 4.33. The Morgan fingerprint density at radius 2 is 1.26 bits per heavy atom. The number of thiophene rings is 1. The highest BCUT2D eigenvalue weighted by Crippen LogP contribution is 2.35. The van der Waals surface area contributed by atoms with E-state index < -0.39 is 0 Å². The Morgan fingerprint density at radius 3 is 1.70 bits per heavy atom. The van der Waals surface area contributed by atoms with E-state index in [9.17, 15) is 4.79 Å². The molecule has 3 aromatic rings. The van der Waals surface area contributed by atoms with Gasteiger partial charge in [0.05, 0.1) is 0 Å². The van der Waals surface area contributed by atoms with Gasteiger partial charge in [-0.25, -0.2) is 0 Å². The normalized spacial score (nSPS) is 10.6. The van der Waals surface area contributed by atoms with Crippen LogP contribution in [0.15, 0.2) is 60.7 Å². The Kier molecular flexibility index (Phi) is 4.30. The van der Waals surface area contributed by atoms with Crippen LogP contribution in [-0.4, -0.2) is 19.9 Å². The Balaban J connectivity index is 1.86. The van der Waals surface area contributed by atoms with Gasteiger partial charge in [-0.1, -0.05) is 36.4 Å². The van der Waals surface area contributed by atoms with Gasteiger partial charge in [-0.15, -0.1) is 11.3 Å². The maximum Gasteiger partial charge on any atom is 0.159 e. The van der Waals surface area contributed by atoms with Crippen molar-refractivity contribution in [2.45, 2.75) is 6.92 Å². The highest BCUT2D eigenvalue weighted by Gasteiger charge is 2.06. The van der Waals surface area contributed by atoms with Crippen LogP contribution in [0.2, 0.25) is 0 Å². The quantitative estimate of drug-likeness (QED) is 0.604. The molecule has 1 aromatic heterocycles. The second-order valence-corrected chi connectivity index (χ2v) is 6.82. The number of hydrogen-bond acceptors (Lipinski definition) is 3. The van der Waals surface area contributed by atoms with Gasteiger partial charge < -0.3 is 4.90 Å². The zero-order chi connectivity index (χ0) is 16.4. The number of Topliss-reactive ketones (excluding diaryl/α,β-unsaturated/α-hetero) is 1. The minimum absolute atomic E-state index is 0.101. The first kappa shape index (κ1) is 15.5. The predicted molar refractivity (Wildman–Crippen MR) is 99.5 cm³/mol. The number of rotatable bonds is 4. The molecule has 0 spiro atoms. The largest absolute Gasteiger partial charge is 0.378 e. The number of benzene rings is 2. The number of carbonyl (C=O) groups excluding carboxylic acids is 1. The molecule has 0 aliphatic rings. The van der Waals surface area contributed by atoms with Gasteiger partial charge in [0.25, 0.3) is 0 Å². The lowest BCUT2D eigenvalue weighted by molar-refractivity contribution is 0.101. The molecule has 3 heteroatoms. The fraction of sp³-hybridized carbons (Fsp3) is 0.150. The average Bonchev–Trinajstić information content (AvgIpc) is 3.05. The molecule has 0 N–H and O–H groups in total. The van der Waals surface area contributed by atoms with Crippen LogP contribution in [0.4, 0.5) is 5.69 Å². The number of ketones is 1. The van der Waals surface area contributed by atoms with Gasteiger partial charge in [0.2, 0.25) is 0 Å². The first-order valence-corrected chi connectivity index (χ1v) is 8.35. The van der Waals surface area contributed by atoms with Gasteiger partial charge in [0.15, 0.2) is 5.78 Å². The molecule has 0 aliphatic heterocycles. The van der Waals surface area contributed by atoms with Crippen molar-refractivity contribution >= 4 is 22.8 Å². The molecular weight excluding hydrogens is 302 g/mol. The van der Waals surface area contributed by atoms with Crippen molar-refractivity contribution in [3.05, 3.63) is 66.2 Å². The molecular formula is C20H19NOS. The first-order valence-electron chi connectivity index (χ1n) is 7.53. The Bertz CT molecular complexity index is 814. The van der Waals surface area contributed by atoms with Gasteiger partial charge in [-0.3, -0.25) is 4.79 Å². The van der Waals surface area contributed by atoms with Crippen LogP contribution in [-0.2, 0) is 0 Å². The number of nitrogens with zero attached hydrogens (tertiary/aromatic N) is 1. The molecule has 2 aromatic carbocycles. The summed E-state index contributed by atoms with van der Waals surface area (Å²) >= 11 is 1.77. The van der Waals surface area contributed by atoms with Gasteiger partial charge in [0.1, 0.15) is 0 Å². The molecule has 0 fully saturated rings. The molecule has 0 saturated carbocycles. The molecule has 23 heavy (non-hydrogen) atoms. The summed E-state index contributed by atoms with van der Waals surface area (Å²) in [5, 5.41) is 0. The van der Waals surface area contributed by atoms with E-state index in [2.05, 4.69) is 41.3 Å². The van der Waals surface area contributed by atoms with E-state index >= 15 is 0 Å². The number of anilines is 1. The summed E-state index contributed by atoms with van der Waals surface area (Å²) < 4.78 is 0. The van der Waals surface area contributed by atoms with E-state index in [1.807, 2.05) is 38.4 Å². The van der Waals surface area contributed by atoms with Gasteiger partial charge >= 0.3 is 0 Å². The SMILES string of the molecule is CC(=O)c1ccc(-c2ccc(-c3ccc(N(C)C)cc3)s2)cc1.